The Morgan fingerprint density at radius 3 is 2.06 bits per heavy atom. The first-order valence-electron chi connectivity index (χ1n) is 10.3. The van der Waals surface area contributed by atoms with Crippen LogP contribution in [0.15, 0.2) is 66.9 Å². The van der Waals surface area contributed by atoms with Gasteiger partial charge in [0.1, 0.15) is 17.2 Å². The summed E-state index contributed by atoms with van der Waals surface area (Å²) in [4.78, 5) is 40.6. The number of pyridine rings is 1. The van der Waals surface area contributed by atoms with Crippen LogP contribution in [0.2, 0.25) is 0 Å². The third kappa shape index (κ3) is 6.16. The first kappa shape index (κ1) is 23.5. The van der Waals surface area contributed by atoms with E-state index >= 15 is 0 Å². The highest BCUT2D eigenvalue weighted by Gasteiger charge is 2.15. The van der Waals surface area contributed by atoms with Crippen molar-refractivity contribution in [2.45, 2.75) is 26.2 Å². The largest absolute Gasteiger partial charge is 0.457 e. The molecule has 0 saturated heterocycles. The number of nitrogens with one attached hydrogen (secondary N) is 3. The molecule has 170 valence electrons. The second-order valence-corrected chi connectivity index (χ2v) is 8.32. The molecule has 3 aromatic rings. The summed E-state index contributed by atoms with van der Waals surface area (Å²) in [5.41, 5.74) is 6.85. The first-order chi connectivity index (χ1) is 15.7. The molecule has 3 rings (SSSR count). The monoisotopic (exact) mass is 446 g/mol. The van der Waals surface area contributed by atoms with Gasteiger partial charge in [-0.25, -0.2) is 0 Å². The first-order valence-corrected chi connectivity index (χ1v) is 10.3. The second kappa shape index (κ2) is 9.95. The van der Waals surface area contributed by atoms with Crippen molar-refractivity contribution in [3.63, 3.8) is 0 Å². The van der Waals surface area contributed by atoms with Crippen LogP contribution in [0, 0.1) is 0 Å². The van der Waals surface area contributed by atoms with Crippen molar-refractivity contribution in [2.24, 2.45) is 0 Å². The summed E-state index contributed by atoms with van der Waals surface area (Å²) >= 11 is 0. The molecule has 8 heteroatoms. The van der Waals surface area contributed by atoms with Gasteiger partial charge in [0.2, 0.25) is 0 Å². The van der Waals surface area contributed by atoms with Crippen LogP contribution in [0.3, 0.4) is 0 Å². The number of hydrogen-bond acceptors (Lipinski definition) is 5. The molecule has 0 spiro atoms. The zero-order valence-electron chi connectivity index (χ0n) is 18.9. The van der Waals surface area contributed by atoms with E-state index in [0.29, 0.717) is 17.1 Å². The topological polar surface area (TPSA) is 109 Å². The van der Waals surface area contributed by atoms with Crippen LogP contribution in [0.1, 0.15) is 57.5 Å². The minimum atomic E-state index is -0.499. The van der Waals surface area contributed by atoms with Gasteiger partial charge in [-0.15, -0.1) is 0 Å². The summed E-state index contributed by atoms with van der Waals surface area (Å²) in [7, 11) is 1.51. The van der Waals surface area contributed by atoms with E-state index in [4.69, 9.17) is 4.74 Å². The molecule has 0 saturated carbocycles. The molecule has 0 aliphatic rings. The molecule has 33 heavy (non-hydrogen) atoms. The standard InChI is InChI=1S/C25H26N4O4/c1-25(2,3)18-10-8-16(9-11-18)22(30)28-29-23(31)17-6-5-7-19(14-17)33-20-12-13-27-21(15-20)24(32)26-4/h5-15H,1-4H3,(H,26,32)(H,28,30)(H,29,31). The SMILES string of the molecule is CNC(=O)c1cc(Oc2cccc(C(=O)NNC(=O)c3ccc(C(C)(C)C)cc3)c2)ccn1. The van der Waals surface area contributed by atoms with Gasteiger partial charge in [0.05, 0.1) is 0 Å². The van der Waals surface area contributed by atoms with Crippen LogP contribution >= 0.6 is 0 Å². The van der Waals surface area contributed by atoms with Crippen LogP contribution in [0.5, 0.6) is 11.5 Å². The van der Waals surface area contributed by atoms with Crippen LogP contribution in [-0.4, -0.2) is 29.8 Å². The number of rotatable bonds is 5. The highest BCUT2D eigenvalue weighted by molar-refractivity contribution is 5.99. The molecule has 0 aliphatic carbocycles. The summed E-state index contributed by atoms with van der Waals surface area (Å²) in [5, 5.41) is 2.50. The molecule has 0 fully saturated rings. The Bertz CT molecular complexity index is 1170. The zero-order chi connectivity index (χ0) is 24.0. The molecule has 3 amide bonds. The lowest BCUT2D eigenvalue weighted by Crippen LogP contribution is -2.41. The molecular weight excluding hydrogens is 420 g/mol. The summed E-state index contributed by atoms with van der Waals surface area (Å²) < 4.78 is 5.75. The van der Waals surface area contributed by atoms with E-state index in [1.54, 1.807) is 36.4 Å². The Morgan fingerprint density at radius 2 is 1.42 bits per heavy atom. The van der Waals surface area contributed by atoms with Crippen molar-refractivity contribution in [1.82, 2.24) is 21.2 Å². The summed E-state index contributed by atoms with van der Waals surface area (Å²) in [6.45, 7) is 6.28. The molecular formula is C25H26N4O4. The van der Waals surface area contributed by atoms with Crippen molar-refractivity contribution >= 4 is 17.7 Å². The number of amides is 3. The number of carbonyl (C=O) groups excluding carboxylic acids is 3. The Kier molecular flexibility index (Phi) is 7.07. The van der Waals surface area contributed by atoms with E-state index in [1.165, 1.54) is 25.4 Å². The average Bonchev–Trinajstić information content (AvgIpc) is 2.81. The van der Waals surface area contributed by atoms with Gasteiger partial charge < -0.3 is 10.1 Å². The number of hydrazine groups is 1. The van der Waals surface area contributed by atoms with Crippen molar-refractivity contribution in [3.05, 3.63) is 89.2 Å². The predicted octanol–water partition coefficient (Wildman–Crippen LogP) is 3.61. The highest BCUT2D eigenvalue weighted by atomic mass is 16.5. The second-order valence-electron chi connectivity index (χ2n) is 8.32. The van der Waals surface area contributed by atoms with Crippen LogP contribution in [-0.2, 0) is 5.41 Å². The van der Waals surface area contributed by atoms with Gasteiger partial charge in [-0.1, -0.05) is 39.0 Å². The molecule has 1 aromatic heterocycles. The number of nitrogens with zero attached hydrogens (tertiary/aromatic N) is 1. The molecule has 0 atom stereocenters. The molecule has 1 heterocycles. The normalized spacial score (nSPS) is 10.8. The Balaban J connectivity index is 1.63. The van der Waals surface area contributed by atoms with Gasteiger partial charge in [0.15, 0.2) is 0 Å². The third-order valence-electron chi connectivity index (χ3n) is 4.83. The lowest BCUT2D eigenvalue weighted by atomic mass is 9.87. The van der Waals surface area contributed by atoms with Crippen molar-refractivity contribution in [3.8, 4) is 11.5 Å². The fourth-order valence-electron chi connectivity index (χ4n) is 2.94. The fourth-order valence-corrected chi connectivity index (χ4v) is 2.94. The fraction of sp³-hybridized carbons (Fsp3) is 0.200. The highest BCUT2D eigenvalue weighted by Crippen LogP contribution is 2.23. The molecule has 2 aromatic carbocycles. The van der Waals surface area contributed by atoms with E-state index in [-0.39, 0.29) is 22.6 Å². The smallest absolute Gasteiger partial charge is 0.269 e. The van der Waals surface area contributed by atoms with Gasteiger partial charge in [0, 0.05) is 30.4 Å². The van der Waals surface area contributed by atoms with E-state index < -0.39 is 11.8 Å². The summed E-state index contributed by atoms with van der Waals surface area (Å²) in [6.07, 6.45) is 1.46. The number of aromatic nitrogens is 1. The maximum Gasteiger partial charge on any atom is 0.269 e. The van der Waals surface area contributed by atoms with E-state index in [2.05, 4.69) is 41.9 Å². The number of carbonyl (C=O) groups is 3. The third-order valence-corrected chi connectivity index (χ3v) is 4.83. The number of ether oxygens (including phenoxy) is 1. The summed E-state index contributed by atoms with van der Waals surface area (Å²) in [5.74, 6) is -0.470. The predicted molar refractivity (Wildman–Crippen MR) is 124 cm³/mol. The van der Waals surface area contributed by atoms with E-state index in [9.17, 15) is 14.4 Å². The zero-order valence-corrected chi connectivity index (χ0v) is 18.9. The Hall–Kier alpha value is -4.20. The minimum absolute atomic E-state index is 0.0173. The van der Waals surface area contributed by atoms with Gasteiger partial charge in [0.25, 0.3) is 17.7 Å². The average molecular weight is 447 g/mol. The molecule has 0 unspecified atom stereocenters. The van der Waals surface area contributed by atoms with E-state index in [1.807, 2.05) is 12.1 Å². The Labute approximate surface area is 192 Å². The lowest BCUT2D eigenvalue weighted by molar-refractivity contribution is 0.0846. The van der Waals surface area contributed by atoms with Crippen molar-refractivity contribution in [2.75, 3.05) is 7.05 Å². The maximum atomic E-state index is 12.5. The maximum absolute atomic E-state index is 12.5. The molecule has 3 N–H and O–H groups in total. The quantitative estimate of drug-likeness (QED) is 0.519. The number of benzene rings is 2. The van der Waals surface area contributed by atoms with Gasteiger partial charge >= 0.3 is 0 Å². The van der Waals surface area contributed by atoms with Gasteiger partial charge in [-0.2, -0.15) is 0 Å². The van der Waals surface area contributed by atoms with Crippen molar-refractivity contribution in [1.29, 1.82) is 0 Å². The molecule has 0 aliphatic heterocycles. The molecule has 0 radical (unpaired) electrons. The Morgan fingerprint density at radius 1 is 0.788 bits per heavy atom. The number of hydrogen-bond donors (Lipinski definition) is 3. The lowest BCUT2D eigenvalue weighted by Gasteiger charge is -2.19. The van der Waals surface area contributed by atoms with Gasteiger partial charge in [-0.05, 0) is 47.4 Å². The minimum Gasteiger partial charge on any atom is -0.457 e. The van der Waals surface area contributed by atoms with Crippen molar-refractivity contribution < 1.29 is 19.1 Å². The van der Waals surface area contributed by atoms with Crippen LogP contribution in [0.4, 0.5) is 0 Å². The van der Waals surface area contributed by atoms with E-state index in [0.717, 1.165) is 5.56 Å². The van der Waals surface area contributed by atoms with Gasteiger partial charge in [-0.3, -0.25) is 30.2 Å². The molecule has 0 bridgehead atoms. The van der Waals surface area contributed by atoms with Crippen LogP contribution in [0.25, 0.3) is 0 Å². The summed E-state index contributed by atoms with van der Waals surface area (Å²) in [6, 6.07) is 16.8. The van der Waals surface area contributed by atoms with Crippen LogP contribution < -0.4 is 20.9 Å². The molecule has 8 nitrogen and oxygen atoms in total.